The first-order chi connectivity index (χ1) is 23.0. The molecule has 0 fully saturated rings. The van der Waals surface area contributed by atoms with Gasteiger partial charge in [0.05, 0.1) is 11.4 Å². The van der Waals surface area contributed by atoms with Crippen molar-refractivity contribution in [1.82, 2.24) is 15.0 Å². The van der Waals surface area contributed by atoms with Crippen molar-refractivity contribution in [1.29, 1.82) is 0 Å². The number of nitrogens with zero attached hydrogens (tertiary/aromatic N) is 3. The van der Waals surface area contributed by atoms with Crippen molar-refractivity contribution in [3.63, 3.8) is 0 Å². The third-order valence-corrected chi connectivity index (χ3v) is 9.81. The first-order valence-electron chi connectivity index (χ1n) is 16.1. The first-order valence-corrected chi connectivity index (χ1v) is 16.1. The van der Waals surface area contributed by atoms with Crippen LogP contribution in [0.15, 0.2) is 152 Å². The Morgan fingerprint density at radius 2 is 1.09 bits per heavy atom. The predicted octanol–water partition coefficient (Wildman–Crippen LogP) is 11.2. The summed E-state index contributed by atoms with van der Waals surface area (Å²) in [5.41, 5.74) is 12.6. The molecule has 1 aliphatic rings. The third-order valence-electron chi connectivity index (χ3n) is 9.81. The maximum absolute atomic E-state index is 5.22. The fraction of sp³-hybridized carbons (Fsp3) is 0.0682. The second-order valence-corrected chi connectivity index (χ2v) is 12.9. The third kappa shape index (κ3) is 4.46. The van der Waals surface area contributed by atoms with E-state index >= 15 is 0 Å². The van der Waals surface area contributed by atoms with Crippen molar-refractivity contribution in [3.8, 4) is 56.2 Å². The number of fused-ring (bicyclic) bond motifs is 6. The van der Waals surface area contributed by atoms with Gasteiger partial charge in [-0.25, -0.2) is 9.97 Å². The van der Waals surface area contributed by atoms with Gasteiger partial charge < -0.3 is 0 Å². The van der Waals surface area contributed by atoms with Crippen molar-refractivity contribution >= 4 is 21.5 Å². The van der Waals surface area contributed by atoms with Crippen LogP contribution in [-0.2, 0) is 5.41 Å². The summed E-state index contributed by atoms with van der Waals surface area (Å²) in [6, 6.07) is 49.8. The van der Waals surface area contributed by atoms with Gasteiger partial charge >= 0.3 is 0 Å². The molecule has 2 aromatic heterocycles. The second-order valence-electron chi connectivity index (χ2n) is 12.9. The molecule has 8 aromatic rings. The van der Waals surface area contributed by atoms with Gasteiger partial charge in [0.2, 0.25) is 0 Å². The van der Waals surface area contributed by atoms with Crippen LogP contribution in [-0.4, -0.2) is 15.0 Å². The largest absolute Gasteiger partial charge is 0.265 e. The monoisotopic (exact) mass is 601 g/mol. The second kappa shape index (κ2) is 10.6. The van der Waals surface area contributed by atoms with Gasteiger partial charge in [0.15, 0.2) is 5.82 Å². The quantitative estimate of drug-likeness (QED) is 0.188. The molecule has 0 unspecified atom stereocenters. The highest BCUT2D eigenvalue weighted by molar-refractivity contribution is 6.13. The van der Waals surface area contributed by atoms with Gasteiger partial charge in [-0.1, -0.05) is 123 Å². The summed E-state index contributed by atoms with van der Waals surface area (Å²) in [7, 11) is 0. The van der Waals surface area contributed by atoms with E-state index < -0.39 is 0 Å². The Hall–Kier alpha value is -5.93. The van der Waals surface area contributed by atoms with Crippen LogP contribution in [0.5, 0.6) is 0 Å². The van der Waals surface area contributed by atoms with Crippen LogP contribution in [0.2, 0.25) is 0 Å². The van der Waals surface area contributed by atoms with Crippen molar-refractivity contribution < 1.29 is 0 Å². The Bertz CT molecular complexity index is 2460. The summed E-state index contributed by atoms with van der Waals surface area (Å²) >= 11 is 0. The lowest BCUT2D eigenvalue weighted by molar-refractivity contribution is 0.661. The van der Waals surface area contributed by atoms with Crippen LogP contribution >= 0.6 is 0 Å². The van der Waals surface area contributed by atoms with Crippen LogP contribution in [0.1, 0.15) is 25.0 Å². The molecule has 0 spiro atoms. The highest BCUT2D eigenvalue weighted by Gasteiger charge is 2.35. The molecule has 0 bridgehead atoms. The minimum absolute atomic E-state index is 0.0606. The van der Waals surface area contributed by atoms with Crippen LogP contribution in [0.4, 0.5) is 0 Å². The molecule has 0 atom stereocenters. The molecule has 0 N–H and O–H groups in total. The number of benzene rings is 6. The molecular weight excluding hydrogens is 571 g/mol. The number of pyridine rings is 1. The van der Waals surface area contributed by atoms with Gasteiger partial charge in [-0.2, -0.15) is 0 Å². The van der Waals surface area contributed by atoms with E-state index in [4.69, 9.17) is 9.97 Å². The van der Waals surface area contributed by atoms with Gasteiger partial charge in [-0.15, -0.1) is 0 Å². The number of rotatable bonds is 4. The molecule has 0 aliphatic heterocycles. The Labute approximate surface area is 274 Å². The Balaban J connectivity index is 1.22. The van der Waals surface area contributed by atoms with E-state index in [2.05, 4.69) is 140 Å². The van der Waals surface area contributed by atoms with Crippen LogP contribution in [0.3, 0.4) is 0 Å². The summed E-state index contributed by atoms with van der Waals surface area (Å²) in [4.78, 5) is 14.6. The van der Waals surface area contributed by atoms with Crippen LogP contribution in [0, 0.1) is 0 Å². The van der Waals surface area contributed by atoms with Crippen molar-refractivity contribution in [2.45, 2.75) is 19.3 Å². The molecule has 1 aliphatic carbocycles. The summed E-state index contributed by atoms with van der Waals surface area (Å²) in [5, 5.41) is 4.87. The molecule has 9 rings (SSSR count). The normalized spacial score (nSPS) is 13.1. The van der Waals surface area contributed by atoms with E-state index in [1.807, 2.05) is 30.6 Å². The molecule has 0 saturated carbocycles. The zero-order valence-corrected chi connectivity index (χ0v) is 26.3. The summed E-state index contributed by atoms with van der Waals surface area (Å²) in [6.45, 7) is 4.68. The molecule has 0 radical (unpaired) electrons. The Morgan fingerprint density at radius 1 is 0.426 bits per heavy atom. The van der Waals surface area contributed by atoms with E-state index in [0.29, 0.717) is 0 Å². The maximum Gasteiger partial charge on any atom is 0.161 e. The summed E-state index contributed by atoms with van der Waals surface area (Å²) < 4.78 is 0. The molecule has 3 heteroatoms. The average Bonchev–Trinajstić information content (AvgIpc) is 3.36. The standard InChI is InChI=1S/C44H31N3/c1-44(2)39-14-7-6-11-35(39)38-25-32-19-20-34-33(37(32)26-40(38)44)12-8-13-36(34)43-46-41(30-9-4-3-5-10-30)27-42(47-43)31-17-15-28(16-18-31)29-21-23-45-24-22-29/h3-27H,1-2H3. The number of aromatic nitrogens is 3. The molecular formula is C44H31N3. The average molecular weight is 602 g/mol. The molecule has 47 heavy (non-hydrogen) atoms. The SMILES string of the molecule is CC1(C)c2ccccc2-c2cc3ccc4c(-c5nc(-c6ccccc6)cc(-c6ccc(-c7ccncc7)cc6)n5)cccc4c3cc21. The smallest absolute Gasteiger partial charge is 0.161 e. The number of hydrogen-bond donors (Lipinski definition) is 0. The van der Waals surface area contributed by atoms with Gasteiger partial charge in [0.25, 0.3) is 0 Å². The van der Waals surface area contributed by atoms with Gasteiger partial charge in [0, 0.05) is 34.5 Å². The van der Waals surface area contributed by atoms with Gasteiger partial charge in [-0.05, 0) is 85.3 Å². The lowest BCUT2D eigenvalue weighted by atomic mass is 9.81. The van der Waals surface area contributed by atoms with Crippen molar-refractivity contribution in [3.05, 3.63) is 163 Å². The minimum Gasteiger partial charge on any atom is -0.265 e. The first kappa shape index (κ1) is 27.4. The maximum atomic E-state index is 5.22. The fourth-order valence-corrected chi connectivity index (χ4v) is 7.33. The molecule has 222 valence electrons. The van der Waals surface area contributed by atoms with E-state index in [-0.39, 0.29) is 5.41 Å². The molecule has 3 nitrogen and oxygen atoms in total. The van der Waals surface area contributed by atoms with Gasteiger partial charge in [-0.3, -0.25) is 4.98 Å². The van der Waals surface area contributed by atoms with E-state index in [1.165, 1.54) is 38.4 Å². The topological polar surface area (TPSA) is 38.7 Å². The highest BCUT2D eigenvalue weighted by atomic mass is 14.9. The molecule has 2 heterocycles. The van der Waals surface area contributed by atoms with Gasteiger partial charge in [0.1, 0.15) is 0 Å². The minimum atomic E-state index is -0.0606. The highest BCUT2D eigenvalue weighted by Crippen LogP contribution is 2.50. The van der Waals surface area contributed by atoms with Crippen LogP contribution in [0.25, 0.3) is 77.7 Å². The van der Waals surface area contributed by atoms with E-state index in [9.17, 15) is 0 Å². The fourth-order valence-electron chi connectivity index (χ4n) is 7.33. The Kier molecular flexibility index (Phi) is 6.16. The lowest BCUT2D eigenvalue weighted by Gasteiger charge is -2.22. The zero-order chi connectivity index (χ0) is 31.5. The summed E-state index contributed by atoms with van der Waals surface area (Å²) in [5.74, 6) is 0.721. The molecule has 0 amide bonds. The van der Waals surface area contributed by atoms with Crippen molar-refractivity contribution in [2.75, 3.05) is 0 Å². The lowest BCUT2D eigenvalue weighted by Crippen LogP contribution is -2.14. The number of hydrogen-bond acceptors (Lipinski definition) is 3. The van der Waals surface area contributed by atoms with Crippen molar-refractivity contribution in [2.24, 2.45) is 0 Å². The Morgan fingerprint density at radius 3 is 1.87 bits per heavy atom. The molecule has 6 aromatic carbocycles. The van der Waals surface area contributed by atoms with E-state index in [1.54, 1.807) is 0 Å². The van der Waals surface area contributed by atoms with E-state index in [0.717, 1.165) is 50.4 Å². The zero-order valence-electron chi connectivity index (χ0n) is 26.3. The summed E-state index contributed by atoms with van der Waals surface area (Å²) in [6.07, 6.45) is 3.65. The molecule has 0 saturated heterocycles. The predicted molar refractivity (Wildman–Crippen MR) is 194 cm³/mol. The van der Waals surface area contributed by atoms with Crippen LogP contribution < -0.4 is 0 Å².